The van der Waals surface area contributed by atoms with Crippen molar-refractivity contribution in [1.82, 2.24) is 24.2 Å². The first-order valence-corrected chi connectivity index (χ1v) is 10.4. The molecule has 0 saturated heterocycles. The number of amides is 2. The number of aryl methyl sites for hydroxylation is 2. The summed E-state index contributed by atoms with van der Waals surface area (Å²) in [6.07, 6.45) is 4.03. The van der Waals surface area contributed by atoms with Gasteiger partial charge in [-0.15, -0.1) is 5.10 Å². The van der Waals surface area contributed by atoms with Gasteiger partial charge in [-0.2, -0.15) is 4.98 Å². The number of aromatic nitrogens is 4. The molecule has 1 unspecified atom stereocenters. The zero-order chi connectivity index (χ0) is 23.0. The van der Waals surface area contributed by atoms with E-state index in [9.17, 15) is 14.0 Å². The first kappa shape index (κ1) is 21.8. The van der Waals surface area contributed by atoms with E-state index in [1.165, 1.54) is 34.1 Å². The number of halogens is 2. The standard InChI is InChI=1S/C21H22ClFN6O3/c1-4-29-10-14-13(18(29)19(30)25-12-5-7-16(23)15(22)9-12)6-8-17(14)28(3)21(31)32-20-24-11-27(2)26-20/h5,7,9-11,17H,4,6,8H2,1-3H3,(H,25,30). The van der Waals surface area contributed by atoms with Crippen LogP contribution in [0.15, 0.2) is 30.7 Å². The van der Waals surface area contributed by atoms with E-state index in [0.717, 1.165) is 11.1 Å². The number of nitrogens with zero attached hydrogens (tertiary/aromatic N) is 5. The number of nitrogens with one attached hydrogen (secondary N) is 1. The number of fused-ring (bicyclic) bond motifs is 1. The fraction of sp³-hybridized carbons (Fsp3) is 0.333. The van der Waals surface area contributed by atoms with E-state index >= 15 is 0 Å². The molecule has 0 fully saturated rings. The summed E-state index contributed by atoms with van der Waals surface area (Å²) >= 11 is 5.83. The van der Waals surface area contributed by atoms with E-state index in [2.05, 4.69) is 15.4 Å². The van der Waals surface area contributed by atoms with Gasteiger partial charge < -0.3 is 19.5 Å². The van der Waals surface area contributed by atoms with Crippen LogP contribution in [0.4, 0.5) is 14.9 Å². The van der Waals surface area contributed by atoms with Crippen LogP contribution in [-0.2, 0) is 20.0 Å². The van der Waals surface area contributed by atoms with Crippen LogP contribution in [0.1, 0.15) is 41.0 Å². The van der Waals surface area contributed by atoms with Crippen molar-refractivity contribution in [2.45, 2.75) is 32.4 Å². The summed E-state index contributed by atoms with van der Waals surface area (Å²) in [6.45, 7) is 2.50. The van der Waals surface area contributed by atoms with Crippen LogP contribution in [0.2, 0.25) is 5.02 Å². The van der Waals surface area contributed by atoms with Crippen LogP contribution in [0.25, 0.3) is 0 Å². The minimum absolute atomic E-state index is 0.0216. The predicted octanol–water partition coefficient (Wildman–Crippen LogP) is 3.80. The van der Waals surface area contributed by atoms with Crippen LogP contribution < -0.4 is 10.1 Å². The van der Waals surface area contributed by atoms with Gasteiger partial charge in [-0.3, -0.25) is 9.48 Å². The van der Waals surface area contributed by atoms with Crippen LogP contribution in [0.5, 0.6) is 6.01 Å². The maximum atomic E-state index is 13.4. The molecule has 0 bridgehead atoms. The number of ether oxygens (including phenoxy) is 1. The molecular weight excluding hydrogens is 439 g/mol. The molecule has 1 aliphatic carbocycles. The van der Waals surface area contributed by atoms with Gasteiger partial charge in [-0.05, 0) is 49.1 Å². The van der Waals surface area contributed by atoms with Crippen molar-refractivity contribution in [1.29, 1.82) is 0 Å². The van der Waals surface area contributed by atoms with Crippen LogP contribution in [0.3, 0.4) is 0 Å². The number of anilines is 1. The topological polar surface area (TPSA) is 94.3 Å². The summed E-state index contributed by atoms with van der Waals surface area (Å²) in [6, 6.07) is 3.75. The van der Waals surface area contributed by atoms with E-state index in [4.69, 9.17) is 16.3 Å². The summed E-state index contributed by atoms with van der Waals surface area (Å²) in [5, 5.41) is 6.67. The fourth-order valence-corrected chi connectivity index (χ4v) is 4.11. The molecule has 1 aromatic carbocycles. The van der Waals surface area contributed by atoms with E-state index < -0.39 is 11.9 Å². The highest BCUT2D eigenvalue weighted by Crippen LogP contribution is 2.39. The average molecular weight is 461 g/mol. The molecule has 0 radical (unpaired) electrons. The summed E-state index contributed by atoms with van der Waals surface area (Å²) in [5.74, 6) is -0.875. The number of carbonyl (C=O) groups excluding carboxylic acids is 2. The third kappa shape index (κ3) is 4.05. The molecule has 2 heterocycles. The van der Waals surface area contributed by atoms with Gasteiger partial charge in [-0.1, -0.05) is 11.6 Å². The molecule has 2 amide bonds. The second-order valence-electron chi connectivity index (χ2n) is 7.51. The summed E-state index contributed by atoms with van der Waals surface area (Å²) in [5.41, 5.74) is 2.68. The Morgan fingerprint density at radius 2 is 2.19 bits per heavy atom. The first-order chi connectivity index (χ1) is 15.3. The lowest BCUT2D eigenvalue weighted by atomic mass is 10.1. The zero-order valence-electron chi connectivity index (χ0n) is 17.8. The number of hydrogen-bond acceptors (Lipinski definition) is 5. The second-order valence-corrected chi connectivity index (χ2v) is 7.92. The Morgan fingerprint density at radius 1 is 1.41 bits per heavy atom. The molecule has 1 N–H and O–H groups in total. The molecule has 4 rings (SSSR count). The third-order valence-corrected chi connectivity index (χ3v) is 5.78. The van der Waals surface area contributed by atoms with Gasteiger partial charge in [0.2, 0.25) is 0 Å². The quantitative estimate of drug-likeness (QED) is 0.625. The van der Waals surface area contributed by atoms with Crippen LogP contribution >= 0.6 is 11.6 Å². The molecule has 1 aliphatic rings. The molecule has 1 atom stereocenters. The molecule has 0 aliphatic heterocycles. The second kappa shape index (κ2) is 8.62. The normalized spacial score (nSPS) is 14.8. The third-order valence-electron chi connectivity index (χ3n) is 5.49. The Labute approximate surface area is 188 Å². The molecule has 9 nitrogen and oxygen atoms in total. The summed E-state index contributed by atoms with van der Waals surface area (Å²) in [7, 11) is 3.33. The molecule has 0 spiro atoms. The minimum atomic E-state index is -0.578. The van der Waals surface area contributed by atoms with Crippen molar-refractivity contribution in [3.8, 4) is 6.01 Å². The predicted molar refractivity (Wildman–Crippen MR) is 115 cm³/mol. The number of rotatable bonds is 5. The maximum absolute atomic E-state index is 13.4. The van der Waals surface area contributed by atoms with E-state index in [0.29, 0.717) is 30.8 Å². The molecular formula is C21H22ClFN6O3. The Bertz CT molecular complexity index is 1190. The van der Waals surface area contributed by atoms with Gasteiger partial charge in [0.25, 0.3) is 5.91 Å². The maximum Gasteiger partial charge on any atom is 0.417 e. The van der Waals surface area contributed by atoms with E-state index in [-0.39, 0.29) is 23.0 Å². The molecule has 3 aromatic rings. The van der Waals surface area contributed by atoms with Crippen molar-refractivity contribution in [2.24, 2.45) is 7.05 Å². The molecule has 0 saturated carbocycles. The highest BCUT2D eigenvalue weighted by Gasteiger charge is 2.35. The van der Waals surface area contributed by atoms with E-state index in [1.807, 2.05) is 17.7 Å². The Morgan fingerprint density at radius 3 is 2.84 bits per heavy atom. The van der Waals surface area contributed by atoms with Crippen molar-refractivity contribution >= 4 is 29.3 Å². The lowest BCUT2D eigenvalue weighted by Gasteiger charge is -2.23. The highest BCUT2D eigenvalue weighted by atomic mass is 35.5. The lowest BCUT2D eigenvalue weighted by Crippen LogP contribution is -2.32. The average Bonchev–Trinajstić information content (AvgIpc) is 3.44. The summed E-state index contributed by atoms with van der Waals surface area (Å²) in [4.78, 5) is 31.1. The highest BCUT2D eigenvalue weighted by molar-refractivity contribution is 6.31. The van der Waals surface area contributed by atoms with Gasteiger partial charge in [-0.25, -0.2) is 9.18 Å². The Kier molecular flexibility index (Phi) is 5.88. The van der Waals surface area contributed by atoms with Crippen molar-refractivity contribution in [3.05, 3.63) is 58.4 Å². The van der Waals surface area contributed by atoms with Gasteiger partial charge in [0, 0.05) is 32.5 Å². The van der Waals surface area contributed by atoms with Gasteiger partial charge in [0.05, 0.1) is 11.1 Å². The molecule has 168 valence electrons. The number of hydrogen-bond donors (Lipinski definition) is 1. The van der Waals surface area contributed by atoms with Crippen LogP contribution in [-0.4, -0.2) is 43.3 Å². The SMILES string of the molecule is CCn1cc2c(c1C(=O)Nc1ccc(F)c(Cl)c1)CCC2N(C)C(=O)Oc1ncn(C)n1. The monoisotopic (exact) mass is 460 g/mol. The van der Waals surface area contributed by atoms with Gasteiger partial charge in [0.1, 0.15) is 17.8 Å². The fourth-order valence-electron chi connectivity index (χ4n) is 3.93. The smallest absolute Gasteiger partial charge is 0.373 e. The minimum Gasteiger partial charge on any atom is -0.373 e. The lowest BCUT2D eigenvalue weighted by molar-refractivity contribution is 0.101. The first-order valence-electron chi connectivity index (χ1n) is 10.1. The molecule has 11 heteroatoms. The number of benzene rings is 1. The van der Waals surface area contributed by atoms with Crippen LogP contribution in [0, 0.1) is 5.82 Å². The van der Waals surface area contributed by atoms with E-state index in [1.54, 1.807) is 14.1 Å². The Hall–Kier alpha value is -3.40. The largest absolute Gasteiger partial charge is 0.417 e. The van der Waals surface area contributed by atoms with Crippen molar-refractivity contribution in [3.63, 3.8) is 0 Å². The molecule has 2 aromatic heterocycles. The van der Waals surface area contributed by atoms with Gasteiger partial charge >= 0.3 is 12.1 Å². The molecule has 32 heavy (non-hydrogen) atoms. The van der Waals surface area contributed by atoms with Gasteiger partial charge in [0.15, 0.2) is 0 Å². The number of carbonyl (C=O) groups is 2. The zero-order valence-corrected chi connectivity index (χ0v) is 18.6. The van der Waals surface area contributed by atoms with Crippen molar-refractivity contribution < 1.29 is 18.7 Å². The summed E-state index contributed by atoms with van der Waals surface area (Å²) < 4.78 is 22.0. The van der Waals surface area contributed by atoms with Crippen molar-refractivity contribution in [2.75, 3.05) is 12.4 Å². The Balaban J connectivity index is 1.56.